The van der Waals surface area contributed by atoms with E-state index in [1.54, 1.807) is 18.2 Å². The maximum Gasteiger partial charge on any atom is 0.294 e. The highest BCUT2D eigenvalue weighted by atomic mass is 32.2. The normalized spacial score (nSPS) is 12.0. The van der Waals surface area contributed by atoms with Crippen LogP contribution in [0.15, 0.2) is 62.5 Å². The molecule has 7 nitrogen and oxygen atoms in total. The molecular weight excluding hydrogens is 388 g/mol. The summed E-state index contributed by atoms with van der Waals surface area (Å²) in [6.45, 7) is 1.52. The number of hydrogen-bond donors (Lipinski definition) is 3. The van der Waals surface area contributed by atoms with E-state index in [2.05, 4.69) is 22.9 Å². The second-order valence-electron chi connectivity index (χ2n) is 5.80. The number of fused-ring (bicyclic) bond motifs is 1. The van der Waals surface area contributed by atoms with Crippen molar-refractivity contribution in [3.63, 3.8) is 0 Å². The van der Waals surface area contributed by atoms with Crippen LogP contribution in [-0.2, 0) is 10.1 Å². The summed E-state index contributed by atoms with van der Waals surface area (Å²) >= 11 is 4.30. The molecule has 3 aromatic rings. The van der Waals surface area contributed by atoms with E-state index < -0.39 is 10.1 Å². The fraction of sp³-hybridized carbons (Fsp3) is 0.111. The molecule has 0 spiro atoms. The lowest BCUT2D eigenvalue weighted by Gasteiger charge is -2.09. The quantitative estimate of drug-likeness (QED) is 0.328. The molecule has 3 rings (SSSR count). The van der Waals surface area contributed by atoms with Gasteiger partial charge in [-0.25, -0.2) is 0 Å². The molecule has 0 saturated heterocycles. The zero-order valence-electron chi connectivity index (χ0n) is 14.4. The van der Waals surface area contributed by atoms with E-state index >= 15 is 0 Å². The first-order chi connectivity index (χ1) is 12.7. The molecule has 0 bridgehead atoms. The van der Waals surface area contributed by atoms with Gasteiger partial charge in [-0.15, -0.1) is 22.9 Å². The van der Waals surface area contributed by atoms with Crippen LogP contribution in [0.25, 0.3) is 10.8 Å². The van der Waals surface area contributed by atoms with Gasteiger partial charge in [-0.05, 0) is 42.1 Å². The van der Waals surface area contributed by atoms with E-state index in [9.17, 15) is 18.1 Å². The van der Waals surface area contributed by atoms with Crippen molar-refractivity contribution in [1.29, 1.82) is 0 Å². The molecule has 27 heavy (non-hydrogen) atoms. The van der Waals surface area contributed by atoms with Crippen LogP contribution >= 0.6 is 12.6 Å². The van der Waals surface area contributed by atoms with E-state index in [4.69, 9.17) is 4.74 Å². The Bertz CT molecular complexity index is 1170. The lowest BCUT2D eigenvalue weighted by molar-refractivity contribution is 0.413. The summed E-state index contributed by atoms with van der Waals surface area (Å²) in [5, 5.41) is 19.9. The highest BCUT2D eigenvalue weighted by Crippen LogP contribution is 2.39. The summed E-state index contributed by atoms with van der Waals surface area (Å²) in [5.74, 6) is 0.0674. The van der Waals surface area contributed by atoms with E-state index in [1.165, 1.54) is 32.2 Å². The Morgan fingerprint density at radius 1 is 1.07 bits per heavy atom. The number of rotatable bonds is 4. The van der Waals surface area contributed by atoms with Crippen LogP contribution in [-0.4, -0.2) is 25.2 Å². The van der Waals surface area contributed by atoms with E-state index in [0.29, 0.717) is 5.39 Å². The highest BCUT2D eigenvalue weighted by Gasteiger charge is 2.17. The van der Waals surface area contributed by atoms with Crippen LogP contribution in [0.5, 0.6) is 11.5 Å². The summed E-state index contributed by atoms with van der Waals surface area (Å²) in [6.07, 6.45) is 0. The molecule has 0 fully saturated rings. The number of ether oxygens (including phenoxy) is 1. The van der Waals surface area contributed by atoms with Crippen molar-refractivity contribution in [2.45, 2.75) is 16.7 Å². The van der Waals surface area contributed by atoms with Crippen LogP contribution in [0.4, 0.5) is 11.4 Å². The van der Waals surface area contributed by atoms with Gasteiger partial charge >= 0.3 is 0 Å². The minimum Gasteiger partial charge on any atom is -0.506 e. The van der Waals surface area contributed by atoms with Gasteiger partial charge in [0.15, 0.2) is 0 Å². The summed E-state index contributed by atoms with van der Waals surface area (Å²) < 4.78 is 37.3. The minimum atomic E-state index is -4.39. The summed E-state index contributed by atoms with van der Waals surface area (Å²) in [5.41, 5.74) is 0.804. The maximum atomic E-state index is 11.4. The van der Waals surface area contributed by atoms with E-state index in [1.807, 2.05) is 6.07 Å². The average molecular weight is 404 g/mol. The van der Waals surface area contributed by atoms with Crippen LogP contribution in [0, 0.1) is 6.92 Å². The summed E-state index contributed by atoms with van der Waals surface area (Å²) in [7, 11) is -3.04. The number of nitrogens with zero attached hydrogens (tertiary/aromatic N) is 2. The topological polar surface area (TPSA) is 109 Å². The zero-order valence-corrected chi connectivity index (χ0v) is 16.1. The molecule has 0 aliphatic carbocycles. The third kappa shape index (κ3) is 3.90. The molecule has 0 aliphatic rings. The first-order valence-corrected chi connectivity index (χ1v) is 9.62. The number of phenolic OH excluding ortho intramolecular Hbond substituents is 1. The number of aryl methyl sites for hydroxylation is 1. The van der Waals surface area contributed by atoms with Gasteiger partial charge in [0.05, 0.1) is 7.11 Å². The predicted molar refractivity (Wildman–Crippen MR) is 105 cm³/mol. The number of phenols is 1. The van der Waals surface area contributed by atoms with Crippen molar-refractivity contribution >= 4 is 44.9 Å². The highest BCUT2D eigenvalue weighted by molar-refractivity contribution is 7.85. The Balaban J connectivity index is 2.13. The number of benzene rings is 3. The number of aromatic hydroxyl groups is 1. The largest absolute Gasteiger partial charge is 0.506 e. The third-order valence-electron chi connectivity index (χ3n) is 3.97. The Morgan fingerprint density at radius 2 is 1.81 bits per heavy atom. The summed E-state index contributed by atoms with van der Waals surface area (Å²) in [4.78, 5) is 0.502. The molecule has 0 radical (unpaired) electrons. The second kappa shape index (κ2) is 7.18. The van der Waals surface area contributed by atoms with Crippen molar-refractivity contribution < 1.29 is 22.8 Å². The number of methoxy groups -OCH3 is 1. The summed E-state index contributed by atoms with van der Waals surface area (Å²) in [6, 6.07) is 11.2. The molecule has 0 heterocycles. The average Bonchev–Trinajstić information content (AvgIpc) is 2.60. The molecule has 140 valence electrons. The van der Waals surface area contributed by atoms with Gasteiger partial charge in [-0.1, -0.05) is 12.1 Å². The van der Waals surface area contributed by atoms with Gasteiger partial charge in [0.1, 0.15) is 27.8 Å². The van der Waals surface area contributed by atoms with Gasteiger partial charge in [-0.3, -0.25) is 4.55 Å². The fourth-order valence-corrected chi connectivity index (χ4v) is 3.61. The molecule has 9 heteroatoms. The molecule has 0 aromatic heterocycles. The van der Waals surface area contributed by atoms with Gasteiger partial charge < -0.3 is 9.84 Å². The molecule has 3 aromatic carbocycles. The standard InChI is InChI=1S/C18H16N2O5S2/c1-10-7-14(16(25-2)9-17(10)27(22,23)24)19-20-18-13-5-4-12(26)8-11(13)3-6-15(18)21/h3-9,21,26H,1-2H3,(H,22,23,24)/b20-19+. The number of hydrogen-bond acceptors (Lipinski definition) is 7. The smallest absolute Gasteiger partial charge is 0.294 e. The second-order valence-corrected chi connectivity index (χ2v) is 7.71. The molecule has 2 N–H and O–H groups in total. The van der Waals surface area contributed by atoms with Crippen molar-refractivity contribution in [1.82, 2.24) is 0 Å². The van der Waals surface area contributed by atoms with Crippen molar-refractivity contribution in [2.75, 3.05) is 7.11 Å². The first-order valence-electron chi connectivity index (χ1n) is 7.73. The Labute approximate surface area is 161 Å². The zero-order chi connectivity index (χ0) is 19.8. The van der Waals surface area contributed by atoms with E-state index in [0.717, 1.165) is 10.3 Å². The van der Waals surface area contributed by atoms with Crippen molar-refractivity contribution in [3.05, 3.63) is 48.0 Å². The molecule has 0 aliphatic heterocycles. The van der Waals surface area contributed by atoms with E-state index in [-0.39, 0.29) is 33.3 Å². The van der Waals surface area contributed by atoms with Gasteiger partial charge in [-0.2, -0.15) is 8.42 Å². The minimum absolute atomic E-state index is 0.0524. The SMILES string of the molecule is COc1cc(S(=O)(=O)O)c(C)cc1/N=N/c1c(O)ccc2cc(S)ccc12. The van der Waals surface area contributed by atoms with Crippen molar-refractivity contribution in [3.8, 4) is 11.5 Å². The van der Waals surface area contributed by atoms with Crippen molar-refractivity contribution in [2.24, 2.45) is 10.2 Å². The lowest BCUT2D eigenvalue weighted by Crippen LogP contribution is -2.01. The Morgan fingerprint density at radius 3 is 2.48 bits per heavy atom. The molecule has 0 atom stereocenters. The molecular formula is C18H16N2O5S2. The van der Waals surface area contributed by atoms with Crippen LogP contribution < -0.4 is 4.74 Å². The Hall–Kier alpha value is -2.62. The Kier molecular flexibility index (Phi) is 5.09. The van der Waals surface area contributed by atoms with Gasteiger partial charge in [0.2, 0.25) is 0 Å². The fourth-order valence-electron chi connectivity index (χ4n) is 2.67. The lowest BCUT2D eigenvalue weighted by atomic mass is 10.1. The van der Waals surface area contributed by atoms with Gasteiger partial charge in [0.25, 0.3) is 10.1 Å². The maximum absolute atomic E-state index is 11.4. The molecule has 0 saturated carbocycles. The number of azo groups is 1. The predicted octanol–water partition coefficient (Wildman–Crippen LogP) is 4.81. The first kappa shape index (κ1) is 19.2. The van der Waals surface area contributed by atoms with Crippen LogP contribution in [0.3, 0.4) is 0 Å². The number of thiol groups is 1. The molecule has 0 amide bonds. The molecule has 0 unspecified atom stereocenters. The third-order valence-corrected chi connectivity index (χ3v) is 5.24. The van der Waals surface area contributed by atoms with Crippen LogP contribution in [0.2, 0.25) is 0 Å². The van der Waals surface area contributed by atoms with Crippen LogP contribution in [0.1, 0.15) is 5.56 Å². The monoisotopic (exact) mass is 404 g/mol. The van der Waals surface area contributed by atoms with Gasteiger partial charge in [0, 0.05) is 16.3 Å².